The highest BCUT2D eigenvalue weighted by molar-refractivity contribution is 6.17. The molecular weight excluding hydrogens is 258 g/mol. The van der Waals surface area contributed by atoms with Crippen molar-refractivity contribution in [2.24, 2.45) is 5.92 Å². The maximum atomic E-state index is 11.5. The molecule has 0 fully saturated rings. The summed E-state index contributed by atoms with van der Waals surface area (Å²) in [6.07, 6.45) is 0.908. The Morgan fingerprint density at radius 1 is 1.33 bits per heavy atom. The summed E-state index contributed by atoms with van der Waals surface area (Å²) in [7, 11) is 0. The van der Waals surface area contributed by atoms with Crippen molar-refractivity contribution in [2.45, 2.75) is 46.1 Å². The van der Waals surface area contributed by atoms with Gasteiger partial charge in [-0.25, -0.2) is 4.79 Å². The third-order valence-electron chi connectivity index (χ3n) is 2.06. The first kappa shape index (κ1) is 17.0. The zero-order chi connectivity index (χ0) is 14.2. The van der Waals surface area contributed by atoms with Gasteiger partial charge in [0.15, 0.2) is 6.07 Å². The van der Waals surface area contributed by atoms with Crippen molar-refractivity contribution in [3.63, 3.8) is 0 Å². The van der Waals surface area contributed by atoms with Gasteiger partial charge >= 0.3 is 12.1 Å². The molecule has 1 N–H and O–H groups in total. The Kier molecular flexibility index (Phi) is 7.75. The lowest BCUT2D eigenvalue weighted by molar-refractivity contribution is -0.146. The minimum atomic E-state index is -0.555. The van der Waals surface area contributed by atoms with Crippen LogP contribution in [0.2, 0.25) is 0 Å². The number of alkyl carbamates (subject to hydrolysis) is 1. The lowest BCUT2D eigenvalue weighted by atomic mass is 10.0. The Labute approximate surface area is 113 Å². The molecule has 0 bridgehead atoms. The standard InChI is InChI=1S/C12H22ClNO4/c1-5-6-9(10(15)17-8-13)7-14-11(16)18-12(2,3)4/h9H,5-8H2,1-4H3,(H,14,16). The summed E-state index contributed by atoms with van der Waals surface area (Å²) in [5.41, 5.74) is -0.555. The van der Waals surface area contributed by atoms with Crippen LogP contribution in [-0.4, -0.2) is 30.3 Å². The van der Waals surface area contributed by atoms with Crippen molar-refractivity contribution in [3.8, 4) is 0 Å². The number of halogens is 1. The number of hydrogen-bond donors (Lipinski definition) is 1. The number of esters is 1. The van der Waals surface area contributed by atoms with E-state index in [2.05, 4.69) is 5.32 Å². The van der Waals surface area contributed by atoms with Crippen LogP contribution >= 0.6 is 11.6 Å². The quantitative estimate of drug-likeness (QED) is 0.600. The number of rotatable bonds is 6. The summed E-state index contributed by atoms with van der Waals surface area (Å²) in [5, 5.41) is 2.56. The summed E-state index contributed by atoms with van der Waals surface area (Å²) in [6.45, 7) is 7.47. The maximum Gasteiger partial charge on any atom is 0.407 e. The first-order valence-corrected chi connectivity index (χ1v) is 6.53. The molecule has 0 aromatic rings. The van der Waals surface area contributed by atoms with Gasteiger partial charge in [0.2, 0.25) is 0 Å². The Balaban J connectivity index is 4.18. The molecule has 0 aliphatic heterocycles. The Hall–Kier alpha value is -0.970. The van der Waals surface area contributed by atoms with Crippen LogP contribution in [0, 0.1) is 5.92 Å². The van der Waals surface area contributed by atoms with Gasteiger partial charge in [0, 0.05) is 6.54 Å². The third kappa shape index (κ3) is 8.17. The van der Waals surface area contributed by atoms with Crippen molar-refractivity contribution in [3.05, 3.63) is 0 Å². The zero-order valence-electron chi connectivity index (χ0n) is 11.4. The van der Waals surface area contributed by atoms with E-state index in [1.807, 2.05) is 6.92 Å². The van der Waals surface area contributed by atoms with Gasteiger partial charge in [-0.3, -0.25) is 4.79 Å². The Bertz CT molecular complexity index is 276. The normalized spacial score (nSPS) is 12.7. The van der Waals surface area contributed by atoms with Gasteiger partial charge in [-0.1, -0.05) is 24.9 Å². The van der Waals surface area contributed by atoms with Gasteiger partial charge in [-0.05, 0) is 27.2 Å². The van der Waals surface area contributed by atoms with Crippen LogP contribution in [-0.2, 0) is 14.3 Å². The largest absolute Gasteiger partial charge is 0.449 e. The van der Waals surface area contributed by atoms with E-state index >= 15 is 0 Å². The molecule has 1 unspecified atom stereocenters. The van der Waals surface area contributed by atoms with Crippen LogP contribution in [0.5, 0.6) is 0 Å². The molecule has 106 valence electrons. The number of amides is 1. The molecule has 1 amide bonds. The number of nitrogens with one attached hydrogen (secondary N) is 1. The van der Waals surface area contributed by atoms with Crippen molar-refractivity contribution in [1.29, 1.82) is 0 Å². The molecular formula is C12H22ClNO4. The first-order chi connectivity index (χ1) is 8.30. The smallest absolute Gasteiger partial charge is 0.407 e. The molecule has 0 aliphatic carbocycles. The fourth-order valence-corrected chi connectivity index (χ4v) is 1.45. The minimum absolute atomic E-state index is 0.175. The van der Waals surface area contributed by atoms with Crippen LogP contribution < -0.4 is 5.32 Å². The first-order valence-electron chi connectivity index (χ1n) is 5.99. The molecule has 18 heavy (non-hydrogen) atoms. The summed E-state index contributed by atoms with van der Waals surface area (Å²) in [6, 6.07) is -0.175. The molecule has 0 radical (unpaired) electrons. The van der Waals surface area contributed by atoms with E-state index in [4.69, 9.17) is 21.1 Å². The van der Waals surface area contributed by atoms with Crippen molar-refractivity contribution in [1.82, 2.24) is 5.32 Å². The van der Waals surface area contributed by atoms with Gasteiger partial charge in [0.25, 0.3) is 0 Å². The van der Waals surface area contributed by atoms with E-state index < -0.39 is 17.7 Å². The van der Waals surface area contributed by atoms with Gasteiger partial charge in [-0.15, -0.1) is 0 Å². The van der Waals surface area contributed by atoms with Gasteiger partial charge < -0.3 is 14.8 Å². The number of ether oxygens (including phenoxy) is 2. The third-order valence-corrected chi connectivity index (χ3v) is 2.17. The molecule has 6 heteroatoms. The zero-order valence-corrected chi connectivity index (χ0v) is 12.2. The number of carbonyl (C=O) groups is 2. The Morgan fingerprint density at radius 3 is 2.39 bits per heavy atom. The fourth-order valence-electron chi connectivity index (χ4n) is 1.34. The average Bonchev–Trinajstić information content (AvgIpc) is 2.21. The predicted molar refractivity (Wildman–Crippen MR) is 69.4 cm³/mol. The lowest BCUT2D eigenvalue weighted by Gasteiger charge is -2.21. The highest BCUT2D eigenvalue weighted by Gasteiger charge is 2.22. The summed E-state index contributed by atoms with van der Waals surface area (Å²) < 4.78 is 9.80. The van der Waals surface area contributed by atoms with E-state index in [0.717, 1.165) is 6.42 Å². The van der Waals surface area contributed by atoms with Crippen molar-refractivity contribution < 1.29 is 19.1 Å². The van der Waals surface area contributed by atoms with Crippen LogP contribution in [0.1, 0.15) is 40.5 Å². The molecule has 0 rings (SSSR count). The van der Waals surface area contributed by atoms with E-state index in [1.165, 1.54) is 0 Å². The summed E-state index contributed by atoms with van der Waals surface area (Å²) >= 11 is 5.34. The van der Waals surface area contributed by atoms with E-state index in [0.29, 0.717) is 6.42 Å². The molecule has 5 nitrogen and oxygen atoms in total. The second-order valence-electron chi connectivity index (χ2n) is 4.94. The second-order valence-corrected chi connectivity index (χ2v) is 5.16. The van der Waals surface area contributed by atoms with E-state index in [1.54, 1.807) is 20.8 Å². The average molecular weight is 280 g/mol. The minimum Gasteiger partial charge on any atom is -0.449 e. The fraction of sp³-hybridized carbons (Fsp3) is 0.833. The van der Waals surface area contributed by atoms with Gasteiger partial charge in [0.1, 0.15) is 5.60 Å². The number of alkyl halides is 1. The van der Waals surface area contributed by atoms with E-state index in [-0.39, 0.29) is 18.5 Å². The van der Waals surface area contributed by atoms with Crippen LogP contribution in [0.3, 0.4) is 0 Å². The molecule has 0 aromatic carbocycles. The highest BCUT2D eigenvalue weighted by atomic mass is 35.5. The number of carbonyl (C=O) groups excluding carboxylic acids is 2. The molecule has 0 spiro atoms. The van der Waals surface area contributed by atoms with E-state index in [9.17, 15) is 9.59 Å². The van der Waals surface area contributed by atoms with Gasteiger partial charge in [-0.2, -0.15) is 0 Å². The van der Waals surface area contributed by atoms with Gasteiger partial charge in [0.05, 0.1) is 5.92 Å². The highest BCUT2D eigenvalue weighted by Crippen LogP contribution is 2.10. The summed E-state index contributed by atoms with van der Waals surface area (Å²) in [5.74, 6) is -0.788. The molecule has 1 atom stereocenters. The molecule has 0 saturated carbocycles. The summed E-state index contributed by atoms with van der Waals surface area (Å²) in [4.78, 5) is 23.0. The monoisotopic (exact) mass is 279 g/mol. The molecule has 0 heterocycles. The predicted octanol–water partition coefficient (Wildman–Crippen LogP) is 2.67. The van der Waals surface area contributed by atoms with Crippen LogP contribution in [0.15, 0.2) is 0 Å². The lowest BCUT2D eigenvalue weighted by Crippen LogP contribution is -2.37. The maximum absolute atomic E-state index is 11.5. The Morgan fingerprint density at radius 2 is 1.94 bits per heavy atom. The number of hydrogen-bond acceptors (Lipinski definition) is 4. The topological polar surface area (TPSA) is 64.6 Å². The molecule has 0 aromatic heterocycles. The van der Waals surface area contributed by atoms with Crippen LogP contribution in [0.4, 0.5) is 4.79 Å². The molecule has 0 aliphatic rings. The van der Waals surface area contributed by atoms with Crippen molar-refractivity contribution >= 4 is 23.7 Å². The van der Waals surface area contributed by atoms with Crippen LogP contribution in [0.25, 0.3) is 0 Å². The molecule has 0 saturated heterocycles. The van der Waals surface area contributed by atoms with Crippen molar-refractivity contribution in [2.75, 3.05) is 12.6 Å². The SMILES string of the molecule is CCCC(CNC(=O)OC(C)(C)C)C(=O)OCCl. The second kappa shape index (κ2) is 8.19.